The van der Waals surface area contributed by atoms with E-state index in [1.165, 1.54) is 18.6 Å². The van der Waals surface area contributed by atoms with Crippen LogP contribution in [0.5, 0.6) is 0 Å². The molecular formula is C18H25NO5S. The van der Waals surface area contributed by atoms with Crippen molar-refractivity contribution < 1.29 is 23.1 Å². The molecule has 0 heterocycles. The zero-order valence-corrected chi connectivity index (χ0v) is 15.6. The second kappa shape index (κ2) is 7.15. The van der Waals surface area contributed by atoms with Crippen molar-refractivity contribution >= 4 is 27.4 Å². The summed E-state index contributed by atoms with van der Waals surface area (Å²) in [6.45, 7) is 4.33. The number of aromatic carboxylic acids is 1. The van der Waals surface area contributed by atoms with Crippen LogP contribution in [0, 0.1) is 11.3 Å². The average Bonchev–Trinajstić information content (AvgIpc) is 2.48. The fourth-order valence-electron chi connectivity index (χ4n) is 3.39. The highest BCUT2D eigenvalue weighted by atomic mass is 32.2. The summed E-state index contributed by atoms with van der Waals surface area (Å²) in [5.74, 6) is -1.20. The highest BCUT2D eigenvalue weighted by Gasteiger charge is 2.33. The predicted octanol–water partition coefficient (Wildman–Crippen LogP) is 3.33. The smallest absolute Gasteiger partial charge is 0.335 e. The molecule has 1 aromatic rings. The molecule has 138 valence electrons. The highest BCUT2D eigenvalue weighted by Crippen LogP contribution is 2.42. The summed E-state index contributed by atoms with van der Waals surface area (Å²) in [6.07, 6.45) is 5.70. The van der Waals surface area contributed by atoms with E-state index in [1.807, 2.05) is 0 Å². The summed E-state index contributed by atoms with van der Waals surface area (Å²) in [6, 6.07) is 3.67. The second-order valence-electron chi connectivity index (χ2n) is 7.51. The normalized spacial score (nSPS) is 20.0. The fraction of sp³-hybridized carbons (Fsp3) is 0.556. The monoisotopic (exact) mass is 367 g/mol. The van der Waals surface area contributed by atoms with Gasteiger partial charge in [-0.2, -0.15) is 0 Å². The molecule has 2 rings (SSSR count). The molecule has 1 aliphatic rings. The Balaban J connectivity index is 2.20. The summed E-state index contributed by atoms with van der Waals surface area (Å²) in [5.41, 5.74) is 0.117. The minimum Gasteiger partial charge on any atom is -0.478 e. The Bertz CT molecular complexity index is 783. The maximum atomic E-state index is 12.4. The van der Waals surface area contributed by atoms with Crippen LogP contribution < -0.4 is 5.32 Å². The number of hydrogen-bond acceptors (Lipinski definition) is 4. The van der Waals surface area contributed by atoms with Gasteiger partial charge in [0.2, 0.25) is 5.91 Å². The Kier molecular flexibility index (Phi) is 5.56. The number of carboxylic acids is 1. The first-order chi connectivity index (χ1) is 11.5. The van der Waals surface area contributed by atoms with Crippen LogP contribution in [-0.2, 0) is 14.6 Å². The quantitative estimate of drug-likeness (QED) is 0.831. The molecule has 1 atom stereocenters. The summed E-state index contributed by atoms with van der Waals surface area (Å²) in [5, 5.41) is 11.8. The molecule has 1 amide bonds. The number of benzene rings is 1. The van der Waals surface area contributed by atoms with E-state index in [4.69, 9.17) is 5.11 Å². The molecule has 1 aromatic carbocycles. The van der Waals surface area contributed by atoms with Crippen LogP contribution in [0.1, 0.15) is 56.3 Å². The van der Waals surface area contributed by atoms with Crippen molar-refractivity contribution in [3.63, 3.8) is 0 Å². The van der Waals surface area contributed by atoms with Gasteiger partial charge < -0.3 is 10.4 Å². The number of amides is 1. The first-order valence-electron chi connectivity index (χ1n) is 8.37. The first-order valence-corrected chi connectivity index (χ1v) is 10.3. The first kappa shape index (κ1) is 19.4. The Hall–Kier alpha value is -1.89. The van der Waals surface area contributed by atoms with Crippen molar-refractivity contribution in [3.05, 3.63) is 23.8 Å². The van der Waals surface area contributed by atoms with Crippen LogP contribution in [0.3, 0.4) is 0 Å². The molecule has 1 saturated carbocycles. The Morgan fingerprint density at radius 2 is 1.92 bits per heavy atom. The van der Waals surface area contributed by atoms with Crippen LogP contribution in [0.2, 0.25) is 0 Å². The molecule has 0 saturated heterocycles. The summed E-state index contributed by atoms with van der Waals surface area (Å²) >= 11 is 0. The molecule has 1 unspecified atom stereocenters. The number of hydrogen-bond donors (Lipinski definition) is 2. The average molecular weight is 367 g/mol. The van der Waals surface area contributed by atoms with Gasteiger partial charge in [-0.15, -0.1) is 0 Å². The number of anilines is 1. The van der Waals surface area contributed by atoms with Crippen molar-refractivity contribution in [1.29, 1.82) is 0 Å². The van der Waals surface area contributed by atoms with Gasteiger partial charge in [-0.3, -0.25) is 4.79 Å². The molecule has 1 fully saturated rings. The van der Waals surface area contributed by atoms with Crippen molar-refractivity contribution in [2.45, 2.75) is 50.8 Å². The van der Waals surface area contributed by atoms with Gasteiger partial charge in [-0.1, -0.05) is 26.7 Å². The molecule has 0 spiro atoms. The van der Waals surface area contributed by atoms with Gasteiger partial charge in [0.05, 0.1) is 10.5 Å². The number of rotatable bonds is 5. The molecule has 6 nitrogen and oxygen atoms in total. The Morgan fingerprint density at radius 3 is 2.48 bits per heavy atom. The minimum absolute atomic E-state index is 0.0937. The molecule has 1 aliphatic carbocycles. The van der Waals surface area contributed by atoms with E-state index in [2.05, 4.69) is 19.2 Å². The lowest BCUT2D eigenvalue weighted by Crippen LogP contribution is -2.31. The third-order valence-corrected chi connectivity index (χ3v) is 6.12. The zero-order valence-electron chi connectivity index (χ0n) is 14.8. The van der Waals surface area contributed by atoms with Crippen LogP contribution >= 0.6 is 0 Å². The maximum absolute atomic E-state index is 12.4. The van der Waals surface area contributed by atoms with E-state index in [0.29, 0.717) is 6.42 Å². The summed E-state index contributed by atoms with van der Waals surface area (Å²) in [4.78, 5) is 23.5. The third-order valence-electron chi connectivity index (χ3n) is 5.03. The number of carbonyl (C=O) groups is 2. The Morgan fingerprint density at radius 1 is 1.24 bits per heavy atom. The topological polar surface area (TPSA) is 101 Å². The van der Waals surface area contributed by atoms with E-state index in [0.717, 1.165) is 31.6 Å². The van der Waals surface area contributed by atoms with Gasteiger partial charge in [0.15, 0.2) is 9.84 Å². The van der Waals surface area contributed by atoms with E-state index in [9.17, 15) is 18.0 Å². The number of sulfone groups is 1. The lowest BCUT2D eigenvalue weighted by atomic mass is 9.67. The fourth-order valence-corrected chi connectivity index (χ4v) is 4.07. The number of carbonyl (C=O) groups excluding carboxylic acids is 1. The SMILES string of the molecule is CC1(C)CCCCC1CC(=O)Nc1cc(C(=O)O)cc(S(C)(=O)=O)c1. The number of carboxylic acid groups (broad SMARTS) is 1. The van der Waals surface area contributed by atoms with Gasteiger partial charge in [0.1, 0.15) is 0 Å². The highest BCUT2D eigenvalue weighted by molar-refractivity contribution is 7.90. The van der Waals surface area contributed by atoms with Gasteiger partial charge >= 0.3 is 5.97 Å². The van der Waals surface area contributed by atoms with Crippen molar-refractivity contribution in [2.24, 2.45) is 11.3 Å². The van der Waals surface area contributed by atoms with E-state index >= 15 is 0 Å². The van der Waals surface area contributed by atoms with E-state index < -0.39 is 15.8 Å². The summed E-state index contributed by atoms with van der Waals surface area (Å²) in [7, 11) is -3.58. The molecule has 2 N–H and O–H groups in total. The third kappa shape index (κ3) is 5.04. The molecular weight excluding hydrogens is 342 g/mol. The molecule has 0 radical (unpaired) electrons. The second-order valence-corrected chi connectivity index (χ2v) is 9.52. The molecule has 25 heavy (non-hydrogen) atoms. The van der Waals surface area contributed by atoms with Gasteiger partial charge in [0.25, 0.3) is 0 Å². The van der Waals surface area contributed by atoms with Gasteiger partial charge in [0, 0.05) is 18.4 Å². The lowest BCUT2D eigenvalue weighted by molar-refractivity contribution is -0.118. The number of nitrogens with one attached hydrogen (secondary N) is 1. The minimum atomic E-state index is -3.58. The van der Waals surface area contributed by atoms with Crippen LogP contribution in [-0.4, -0.2) is 31.7 Å². The van der Waals surface area contributed by atoms with Crippen molar-refractivity contribution in [2.75, 3.05) is 11.6 Å². The van der Waals surface area contributed by atoms with Crippen LogP contribution in [0.15, 0.2) is 23.1 Å². The Labute approximate surface area is 148 Å². The predicted molar refractivity (Wildman–Crippen MR) is 95.5 cm³/mol. The van der Waals surface area contributed by atoms with Gasteiger partial charge in [-0.05, 0) is 42.4 Å². The lowest BCUT2D eigenvalue weighted by Gasteiger charge is -2.38. The largest absolute Gasteiger partial charge is 0.478 e. The van der Waals surface area contributed by atoms with E-state index in [-0.39, 0.29) is 33.4 Å². The molecule has 7 heteroatoms. The summed E-state index contributed by atoms with van der Waals surface area (Å²) < 4.78 is 23.5. The molecule has 0 aromatic heterocycles. The van der Waals surface area contributed by atoms with Crippen LogP contribution in [0.4, 0.5) is 5.69 Å². The molecule has 0 aliphatic heterocycles. The van der Waals surface area contributed by atoms with Crippen molar-refractivity contribution in [3.8, 4) is 0 Å². The van der Waals surface area contributed by atoms with E-state index in [1.54, 1.807) is 0 Å². The van der Waals surface area contributed by atoms with Crippen molar-refractivity contribution in [1.82, 2.24) is 0 Å². The zero-order chi connectivity index (χ0) is 18.8. The van der Waals surface area contributed by atoms with Crippen LogP contribution in [0.25, 0.3) is 0 Å². The maximum Gasteiger partial charge on any atom is 0.335 e. The molecule has 0 bridgehead atoms. The standard InChI is InChI=1S/C18H25NO5S/c1-18(2)7-5-4-6-13(18)10-16(20)19-14-8-12(17(21)22)9-15(11-14)25(3,23)24/h8-9,11,13H,4-7,10H2,1-3H3,(H,19,20)(H,21,22). The van der Waals surface area contributed by atoms with Gasteiger partial charge in [-0.25, -0.2) is 13.2 Å².